The number of aromatic nitrogens is 1. The second-order valence-corrected chi connectivity index (χ2v) is 10.8. The molecule has 3 heterocycles. The lowest BCUT2D eigenvalue weighted by atomic mass is 9.95. The molecule has 1 atom stereocenters. The maximum atomic E-state index is 13.6. The Morgan fingerprint density at radius 3 is 2.33 bits per heavy atom. The van der Waals surface area contributed by atoms with E-state index in [0.29, 0.717) is 29.2 Å². The fourth-order valence-electron chi connectivity index (χ4n) is 5.78. The number of ketones is 1. The van der Waals surface area contributed by atoms with Gasteiger partial charge in [-0.1, -0.05) is 36.4 Å². The van der Waals surface area contributed by atoms with Crippen LogP contribution in [-0.4, -0.2) is 34.9 Å². The van der Waals surface area contributed by atoms with Crippen LogP contribution in [-0.2, 0) is 16.2 Å². The fourth-order valence-corrected chi connectivity index (χ4v) is 5.78. The van der Waals surface area contributed by atoms with Crippen LogP contribution in [0.2, 0.25) is 0 Å². The van der Waals surface area contributed by atoms with Gasteiger partial charge in [0, 0.05) is 42.4 Å². The summed E-state index contributed by atoms with van der Waals surface area (Å²) in [7, 11) is 0. The molecule has 2 fully saturated rings. The number of benzene rings is 3. The number of pyridine rings is 1. The largest absolute Gasteiger partial charge is 0.507 e. The Morgan fingerprint density at radius 1 is 0.905 bits per heavy atom. The first-order chi connectivity index (χ1) is 20.5. The van der Waals surface area contributed by atoms with Gasteiger partial charge >= 0.3 is 0 Å². The Hall–Kier alpha value is -4.91. The van der Waals surface area contributed by atoms with E-state index in [0.717, 1.165) is 42.7 Å². The number of carbonyl (C=O) groups is 2. The number of anilines is 2. The first-order valence-corrected chi connectivity index (χ1v) is 14.3. The minimum atomic E-state index is -0.825. The van der Waals surface area contributed by atoms with E-state index >= 15 is 0 Å². The Kier molecular flexibility index (Phi) is 7.73. The molecule has 1 amide bonds. The quantitative estimate of drug-likeness (QED) is 0.156. The first-order valence-electron chi connectivity index (χ1n) is 14.3. The van der Waals surface area contributed by atoms with Gasteiger partial charge in [0.25, 0.3) is 11.7 Å². The lowest BCUT2D eigenvalue weighted by molar-refractivity contribution is -0.132. The van der Waals surface area contributed by atoms with Crippen LogP contribution in [0.15, 0.2) is 103 Å². The highest BCUT2D eigenvalue weighted by Crippen LogP contribution is 2.42. The summed E-state index contributed by atoms with van der Waals surface area (Å²) in [4.78, 5) is 35.1. The van der Waals surface area contributed by atoms with Crippen molar-refractivity contribution in [2.75, 3.05) is 22.9 Å². The minimum Gasteiger partial charge on any atom is -0.507 e. The minimum absolute atomic E-state index is 0.0328. The number of hydrogen-bond acceptors (Lipinski definition) is 6. The van der Waals surface area contributed by atoms with Crippen molar-refractivity contribution >= 4 is 28.8 Å². The molecular weight excluding hydrogens is 526 g/mol. The molecule has 0 bridgehead atoms. The number of hydrogen-bond donors (Lipinski definition) is 1. The predicted octanol–water partition coefficient (Wildman–Crippen LogP) is 6.59. The molecule has 0 aliphatic carbocycles. The van der Waals surface area contributed by atoms with E-state index < -0.39 is 17.7 Å². The molecule has 1 N–H and O–H groups in total. The number of aliphatic hydroxyl groups excluding tert-OH is 1. The van der Waals surface area contributed by atoms with Crippen molar-refractivity contribution in [1.82, 2.24) is 4.98 Å². The Morgan fingerprint density at radius 2 is 1.64 bits per heavy atom. The molecule has 7 heteroatoms. The summed E-state index contributed by atoms with van der Waals surface area (Å²) in [5.74, 6) is -0.972. The van der Waals surface area contributed by atoms with E-state index in [1.54, 1.807) is 36.7 Å². The molecule has 0 saturated carbocycles. The molecule has 2 saturated heterocycles. The van der Waals surface area contributed by atoms with Gasteiger partial charge in [-0.3, -0.25) is 19.5 Å². The summed E-state index contributed by atoms with van der Waals surface area (Å²) in [5, 5.41) is 11.6. The SMILES string of the molecule is Cc1cc(/C(O)=C2/C(=O)C(=O)N(c3ccc(N4CCCCC4)cc3)C2c2cccnc2)ccc1OCc1ccccc1. The molecule has 1 unspecified atom stereocenters. The zero-order valence-corrected chi connectivity index (χ0v) is 23.6. The maximum absolute atomic E-state index is 13.6. The van der Waals surface area contributed by atoms with Crippen LogP contribution in [0.4, 0.5) is 11.4 Å². The van der Waals surface area contributed by atoms with Crippen molar-refractivity contribution < 1.29 is 19.4 Å². The standard InChI is InChI=1S/C35H33N3O4/c1-24-21-26(12-17-30(24)42-23-25-9-4-2-5-10-25)33(39)31-32(27-11-8-18-36-22-27)38(35(41)34(31)40)29-15-13-28(14-16-29)37-19-6-3-7-20-37/h2,4-5,8-18,21-22,32,39H,3,6-7,19-20,23H2,1H3/b33-31-. The third kappa shape index (κ3) is 5.38. The summed E-state index contributed by atoms with van der Waals surface area (Å²) in [6.07, 6.45) is 6.84. The van der Waals surface area contributed by atoms with Gasteiger partial charge in [0.2, 0.25) is 0 Å². The molecule has 1 aromatic heterocycles. The second kappa shape index (κ2) is 11.9. The third-order valence-corrected chi connectivity index (χ3v) is 7.98. The van der Waals surface area contributed by atoms with Gasteiger partial charge in [-0.2, -0.15) is 0 Å². The van der Waals surface area contributed by atoms with E-state index in [4.69, 9.17) is 4.74 Å². The van der Waals surface area contributed by atoms with Gasteiger partial charge in [-0.05, 0) is 91.4 Å². The molecule has 2 aliphatic heterocycles. The van der Waals surface area contributed by atoms with Crippen molar-refractivity contribution in [1.29, 1.82) is 0 Å². The van der Waals surface area contributed by atoms with E-state index in [9.17, 15) is 14.7 Å². The average molecular weight is 560 g/mol. The number of aryl methyl sites for hydroxylation is 1. The topological polar surface area (TPSA) is 83.0 Å². The van der Waals surface area contributed by atoms with Crippen molar-refractivity contribution in [3.63, 3.8) is 0 Å². The highest BCUT2D eigenvalue weighted by Gasteiger charge is 2.47. The average Bonchev–Trinajstić information content (AvgIpc) is 3.31. The summed E-state index contributed by atoms with van der Waals surface area (Å²) >= 11 is 0. The van der Waals surface area contributed by atoms with Crippen LogP contribution in [0.3, 0.4) is 0 Å². The highest BCUT2D eigenvalue weighted by atomic mass is 16.5. The summed E-state index contributed by atoms with van der Waals surface area (Å²) in [6, 6.07) is 25.6. The zero-order chi connectivity index (χ0) is 29.1. The van der Waals surface area contributed by atoms with Crippen molar-refractivity contribution in [3.05, 3.63) is 125 Å². The van der Waals surface area contributed by atoms with E-state index in [2.05, 4.69) is 9.88 Å². The molecule has 3 aromatic carbocycles. The number of carbonyl (C=O) groups excluding carboxylic acids is 2. The number of piperidine rings is 1. The van der Waals surface area contributed by atoms with Gasteiger partial charge in [0.1, 0.15) is 18.1 Å². The fraction of sp³-hybridized carbons (Fsp3) is 0.229. The summed E-state index contributed by atoms with van der Waals surface area (Å²) in [5.41, 5.74) is 4.64. The molecule has 0 radical (unpaired) electrons. The number of nitrogens with zero attached hydrogens (tertiary/aromatic N) is 3. The molecule has 42 heavy (non-hydrogen) atoms. The van der Waals surface area contributed by atoms with Crippen LogP contribution in [0.25, 0.3) is 5.76 Å². The number of Topliss-reactive ketones (excluding diaryl/α,β-unsaturated/α-hetero) is 1. The number of rotatable bonds is 7. The van der Waals surface area contributed by atoms with Gasteiger partial charge in [-0.25, -0.2) is 0 Å². The van der Waals surface area contributed by atoms with Crippen LogP contribution in [0.1, 0.15) is 47.6 Å². The van der Waals surface area contributed by atoms with Gasteiger partial charge in [0.05, 0.1) is 11.6 Å². The lowest BCUT2D eigenvalue weighted by Gasteiger charge is -2.30. The summed E-state index contributed by atoms with van der Waals surface area (Å²) < 4.78 is 6.00. The number of amides is 1. The third-order valence-electron chi connectivity index (χ3n) is 7.98. The number of aliphatic hydroxyl groups is 1. The first kappa shape index (κ1) is 27.3. The Bertz CT molecular complexity index is 1610. The monoisotopic (exact) mass is 559 g/mol. The zero-order valence-electron chi connectivity index (χ0n) is 23.6. The molecule has 212 valence electrons. The molecule has 4 aromatic rings. The van der Waals surface area contributed by atoms with Crippen LogP contribution in [0.5, 0.6) is 5.75 Å². The molecule has 7 nitrogen and oxygen atoms in total. The maximum Gasteiger partial charge on any atom is 0.300 e. The molecule has 0 spiro atoms. The Labute approximate surface area is 245 Å². The van der Waals surface area contributed by atoms with Crippen molar-refractivity contribution in [3.8, 4) is 5.75 Å². The van der Waals surface area contributed by atoms with Gasteiger partial charge in [0.15, 0.2) is 0 Å². The van der Waals surface area contributed by atoms with Gasteiger partial charge < -0.3 is 14.7 Å². The number of ether oxygens (including phenoxy) is 1. The van der Waals surface area contributed by atoms with Crippen LogP contribution in [0, 0.1) is 6.92 Å². The van der Waals surface area contributed by atoms with Crippen LogP contribution >= 0.6 is 0 Å². The molecular formula is C35H33N3O4. The van der Waals surface area contributed by atoms with Gasteiger partial charge in [-0.15, -0.1) is 0 Å². The predicted molar refractivity (Wildman–Crippen MR) is 163 cm³/mol. The summed E-state index contributed by atoms with van der Waals surface area (Å²) in [6.45, 7) is 4.32. The smallest absolute Gasteiger partial charge is 0.300 e. The van der Waals surface area contributed by atoms with Crippen molar-refractivity contribution in [2.24, 2.45) is 0 Å². The van der Waals surface area contributed by atoms with E-state index in [1.807, 2.05) is 67.6 Å². The molecule has 2 aliphatic rings. The normalized spacial score (nSPS) is 18.4. The molecule has 6 rings (SSSR count). The van der Waals surface area contributed by atoms with E-state index in [1.165, 1.54) is 11.3 Å². The lowest BCUT2D eigenvalue weighted by Crippen LogP contribution is -2.30. The Balaban J connectivity index is 1.34. The van der Waals surface area contributed by atoms with E-state index in [-0.39, 0.29) is 11.3 Å². The van der Waals surface area contributed by atoms with Crippen LogP contribution < -0.4 is 14.5 Å². The van der Waals surface area contributed by atoms with Crippen molar-refractivity contribution in [2.45, 2.75) is 38.8 Å². The second-order valence-electron chi connectivity index (χ2n) is 10.8. The highest BCUT2D eigenvalue weighted by molar-refractivity contribution is 6.51.